The number of amides is 2. The van der Waals surface area contributed by atoms with Gasteiger partial charge in [0, 0.05) is 26.7 Å². The van der Waals surface area contributed by atoms with Gasteiger partial charge >= 0.3 is 0 Å². The normalized spacial score (nSPS) is 13.8. The summed E-state index contributed by atoms with van der Waals surface area (Å²) >= 11 is 0. The van der Waals surface area contributed by atoms with Crippen LogP contribution >= 0.6 is 0 Å². The van der Waals surface area contributed by atoms with Crippen molar-refractivity contribution in [3.8, 4) is 0 Å². The molecule has 0 fully saturated rings. The minimum atomic E-state index is -0.236. The zero-order valence-electron chi connectivity index (χ0n) is 15.0. The zero-order valence-corrected chi connectivity index (χ0v) is 15.0. The number of aliphatic imine (C=N–C) groups is 1. The third kappa shape index (κ3) is 4.47. The number of hydrogen-bond acceptors (Lipinski definition) is 3. The molecule has 0 unspecified atom stereocenters. The molecule has 0 bridgehead atoms. The smallest absolute Gasteiger partial charge is 0.261 e. The van der Waals surface area contributed by atoms with Crippen LogP contribution in [0.3, 0.4) is 0 Å². The zero-order chi connectivity index (χ0) is 18.2. The number of nitrogens with one attached hydrogen (secondary N) is 1. The third-order valence-electron chi connectivity index (χ3n) is 4.06. The van der Waals surface area contributed by atoms with Gasteiger partial charge in [0.1, 0.15) is 0 Å². The highest BCUT2D eigenvalue weighted by Crippen LogP contribution is 2.21. The molecule has 1 aliphatic heterocycles. The first-order valence-electron chi connectivity index (χ1n) is 8.65. The molecule has 134 valence electrons. The Morgan fingerprint density at radius 1 is 1.28 bits per heavy atom. The van der Waals surface area contributed by atoms with Crippen LogP contribution in [0.2, 0.25) is 0 Å². The predicted molar refractivity (Wildman–Crippen MR) is 99.8 cm³/mol. The first kappa shape index (κ1) is 18.7. The number of carbonyl (C=O) groups is 2. The van der Waals surface area contributed by atoms with Crippen LogP contribution < -0.4 is 5.32 Å². The molecule has 0 aromatic heterocycles. The van der Waals surface area contributed by atoms with Crippen LogP contribution in [0.4, 0.5) is 0 Å². The Morgan fingerprint density at radius 2 is 1.92 bits per heavy atom. The molecule has 6 heteroatoms. The van der Waals surface area contributed by atoms with Crippen molar-refractivity contribution in [3.63, 3.8) is 0 Å². The minimum Gasteiger partial charge on any atom is -0.357 e. The van der Waals surface area contributed by atoms with Crippen molar-refractivity contribution < 1.29 is 9.59 Å². The maximum atomic E-state index is 12.3. The fourth-order valence-electron chi connectivity index (χ4n) is 2.75. The summed E-state index contributed by atoms with van der Waals surface area (Å²) in [4.78, 5) is 32.5. The van der Waals surface area contributed by atoms with Crippen LogP contribution in [-0.4, -0.2) is 60.8 Å². The summed E-state index contributed by atoms with van der Waals surface area (Å²) in [5.41, 5.74) is 0.954. The standard InChI is InChI=1S/C19H26N4O2/c1-4-6-9-13-22(3)19(20-5-2)21-12-14-23-17(24)15-10-7-8-11-16(15)18(23)25/h4,7-8,10-11H,1,5-6,9,12-14H2,2-3H3,(H,20,21). The van der Waals surface area contributed by atoms with E-state index in [2.05, 4.69) is 21.8 Å². The van der Waals surface area contributed by atoms with E-state index in [0.29, 0.717) is 17.7 Å². The number of fused-ring (bicyclic) bond motifs is 1. The number of nitrogens with zero attached hydrogens (tertiary/aromatic N) is 3. The van der Waals surface area contributed by atoms with Crippen molar-refractivity contribution in [2.75, 3.05) is 33.2 Å². The number of unbranched alkanes of at least 4 members (excludes halogenated alkanes) is 1. The van der Waals surface area contributed by atoms with Crippen molar-refractivity contribution in [2.45, 2.75) is 19.8 Å². The van der Waals surface area contributed by atoms with E-state index >= 15 is 0 Å². The van der Waals surface area contributed by atoms with Crippen LogP contribution in [0.5, 0.6) is 0 Å². The average Bonchev–Trinajstić information content (AvgIpc) is 2.86. The fraction of sp³-hybridized carbons (Fsp3) is 0.421. The molecule has 6 nitrogen and oxygen atoms in total. The van der Waals surface area contributed by atoms with Crippen LogP contribution in [-0.2, 0) is 0 Å². The highest BCUT2D eigenvalue weighted by molar-refractivity contribution is 6.21. The number of guanidine groups is 1. The van der Waals surface area contributed by atoms with E-state index in [1.165, 1.54) is 4.90 Å². The number of hydrogen-bond donors (Lipinski definition) is 1. The minimum absolute atomic E-state index is 0.236. The van der Waals surface area contributed by atoms with E-state index < -0.39 is 0 Å². The van der Waals surface area contributed by atoms with Crippen LogP contribution in [0.25, 0.3) is 0 Å². The van der Waals surface area contributed by atoms with Crippen molar-refractivity contribution >= 4 is 17.8 Å². The number of benzene rings is 1. The summed E-state index contributed by atoms with van der Waals surface area (Å²) in [5, 5.41) is 3.24. The Kier molecular flexibility index (Phi) is 6.74. The molecule has 2 amide bonds. The lowest BCUT2D eigenvalue weighted by molar-refractivity contribution is 0.0659. The number of carbonyl (C=O) groups excluding carboxylic acids is 2. The van der Waals surface area contributed by atoms with E-state index in [-0.39, 0.29) is 18.4 Å². The molecule has 1 aromatic carbocycles. The first-order chi connectivity index (χ1) is 12.1. The molecule has 1 aromatic rings. The molecule has 0 radical (unpaired) electrons. The molecule has 1 heterocycles. The fourth-order valence-corrected chi connectivity index (χ4v) is 2.75. The quantitative estimate of drug-likeness (QED) is 0.258. The molecule has 0 saturated heterocycles. The summed E-state index contributed by atoms with van der Waals surface area (Å²) in [6, 6.07) is 6.92. The molecule has 0 saturated carbocycles. The Hall–Kier alpha value is -2.63. The van der Waals surface area contributed by atoms with Gasteiger partial charge < -0.3 is 10.2 Å². The van der Waals surface area contributed by atoms with Gasteiger partial charge in [-0.15, -0.1) is 6.58 Å². The molecule has 1 N–H and O–H groups in total. The van der Waals surface area contributed by atoms with Gasteiger partial charge in [-0.25, -0.2) is 0 Å². The molecular formula is C19H26N4O2. The number of imide groups is 1. The second kappa shape index (κ2) is 9.01. The molecule has 1 aliphatic rings. The van der Waals surface area contributed by atoms with E-state index in [1.54, 1.807) is 24.3 Å². The lowest BCUT2D eigenvalue weighted by Crippen LogP contribution is -2.40. The maximum Gasteiger partial charge on any atom is 0.261 e. The first-order valence-corrected chi connectivity index (χ1v) is 8.65. The Balaban J connectivity index is 1.97. The van der Waals surface area contributed by atoms with Gasteiger partial charge in [-0.1, -0.05) is 18.2 Å². The monoisotopic (exact) mass is 342 g/mol. The molecule has 0 atom stereocenters. The lowest BCUT2D eigenvalue weighted by atomic mass is 10.1. The predicted octanol–water partition coefficient (Wildman–Crippen LogP) is 2.15. The van der Waals surface area contributed by atoms with Crippen molar-refractivity contribution in [3.05, 3.63) is 48.0 Å². The average molecular weight is 342 g/mol. The van der Waals surface area contributed by atoms with Gasteiger partial charge in [-0.3, -0.25) is 19.5 Å². The number of rotatable bonds is 8. The van der Waals surface area contributed by atoms with Gasteiger partial charge in [0.15, 0.2) is 5.96 Å². The van der Waals surface area contributed by atoms with Gasteiger partial charge in [-0.05, 0) is 31.9 Å². The molecule has 2 rings (SSSR count). The lowest BCUT2D eigenvalue weighted by Gasteiger charge is -2.22. The highest BCUT2D eigenvalue weighted by Gasteiger charge is 2.34. The van der Waals surface area contributed by atoms with Gasteiger partial charge in [0.25, 0.3) is 11.8 Å². The van der Waals surface area contributed by atoms with Crippen LogP contribution in [0.15, 0.2) is 41.9 Å². The van der Waals surface area contributed by atoms with Gasteiger partial charge in [0.05, 0.1) is 17.7 Å². The molecule has 25 heavy (non-hydrogen) atoms. The van der Waals surface area contributed by atoms with Crippen molar-refractivity contribution in [1.82, 2.24) is 15.1 Å². The second-order valence-corrected chi connectivity index (χ2v) is 5.90. The second-order valence-electron chi connectivity index (χ2n) is 5.90. The van der Waals surface area contributed by atoms with Crippen LogP contribution in [0.1, 0.15) is 40.5 Å². The number of allylic oxidation sites excluding steroid dienone is 1. The summed E-state index contributed by atoms with van der Waals surface area (Å²) in [7, 11) is 1.98. The summed E-state index contributed by atoms with van der Waals surface area (Å²) in [6.07, 6.45) is 3.86. The molecule has 0 aliphatic carbocycles. The molecule has 0 spiro atoms. The van der Waals surface area contributed by atoms with Gasteiger partial charge in [0.2, 0.25) is 0 Å². The summed E-state index contributed by atoms with van der Waals surface area (Å²) in [5.74, 6) is 0.309. The summed E-state index contributed by atoms with van der Waals surface area (Å²) < 4.78 is 0. The third-order valence-corrected chi connectivity index (χ3v) is 4.06. The van der Waals surface area contributed by atoms with Crippen molar-refractivity contribution in [1.29, 1.82) is 0 Å². The molecular weight excluding hydrogens is 316 g/mol. The largest absolute Gasteiger partial charge is 0.357 e. The highest BCUT2D eigenvalue weighted by atomic mass is 16.2. The topological polar surface area (TPSA) is 65.0 Å². The van der Waals surface area contributed by atoms with Crippen LogP contribution in [0, 0.1) is 0 Å². The Bertz CT molecular complexity index is 634. The van der Waals surface area contributed by atoms with E-state index in [9.17, 15) is 9.59 Å². The van der Waals surface area contributed by atoms with E-state index in [4.69, 9.17) is 0 Å². The SMILES string of the molecule is C=CCCCN(C)C(=NCCN1C(=O)c2ccccc2C1=O)NCC. The van der Waals surface area contributed by atoms with E-state index in [1.807, 2.05) is 20.0 Å². The maximum absolute atomic E-state index is 12.3. The Labute approximate surface area is 149 Å². The Morgan fingerprint density at radius 3 is 2.48 bits per heavy atom. The van der Waals surface area contributed by atoms with Gasteiger partial charge in [-0.2, -0.15) is 0 Å². The van der Waals surface area contributed by atoms with Crippen molar-refractivity contribution in [2.24, 2.45) is 4.99 Å². The van der Waals surface area contributed by atoms with E-state index in [0.717, 1.165) is 31.9 Å². The summed E-state index contributed by atoms with van der Waals surface area (Å²) in [6.45, 7) is 8.02.